The van der Waals surface area contributed by atoms with Crippen LogP contribution in [0.3, 0.4) is 0 Å². The van der Waals surface area contributed by atoms with Gasteiger partial charge in [0, 0.05) is 30.2 Å². The van der Waals surface area contributed by atoms with Crippen molar-refractivity contribution in [3.8, 4) is 17.0 Å². The van der Waals surface area contributed by atoms with Gasteiger partial charge in [-0.15, -0.1) is 0 Å². The quantitative estimate of drug-likeness (QED) is 0.300. The van der Waals surface area contributed by atoms with Crippen molar-refractivity contribution in [2.45, 2.75) is 32.4 Å². The van der Waals surface area contributed by atoms with Crippen LogP contribution in [0.15, 0.2) is 91.1 Å². The van der Waals surface area contributed by atoms with Gasteiger partial charge in [-0.2, -0.15) is 0 Å². The Kier molecular flexibility index (Phi) is 5.97. The zero-order chi connectivity index (χ0) is 23.6. The molecule has 35 heavy (non-hydrogen) atoms. The molecule has 176 valence electrons. The van der Waals surface area contributed by atoms with Crippen molar-refractivity contribution in [3.05, 3.63) is 96.7 Å². The molecule has 3 heterocycles. The number of likely N-dealkylation sites (tertiary alicyclic amines) is 1. The summed E-state index contributed by atoms with van der Waals surface area (Å²) in [5.74, 6) is 1.02. The lowest BCUT2D eigenvalue weighted by molar-refractivity contribution is 0.168. The fraction of sp³-hybridized carbons (Fsp3) is 0.258. The molecule has 0 aliphatic carbocycles. The monoisotopic (exact) mass is 461 g/mol. The van der Waals surface area contributed by atoms with Crippen molar-refractivity contribution in [3.63, 3.8) is 0 Å². The molecule has 4 heteroatoms. The summed E-state index contributed by atoms with van der Waals surface area (Å²) in [4.78, 5) is 7.47. The van der Waals surface area contributed by atoms with Crippen molar-refractivity contribution in [2.75, 3.05) is 13.1 Å². The van der Waals surface area contributed by atoms with Crippen LogP contribution in [0, 0.1) is 5.92 Å². The number of fused-ring (bicyclic) bond motifs is 2. The lowest BCUT2D eigenvalue weighted by atomic mass is 9.93. The molecule has 0 radical (unpaired) electrons. The lowest BCUT2D eigenvalue weighted by Crippen LogP contribution is -2.33. The number of pyridine rings is 1. The van der Waals surface area contributed by atoms with Gasteiger partial charge in [-0.25, -0.2) is 4.98 Å². The molecule has 6 rings (SSSR count). The summed E-state index contributed by atoms with van der Waals surface area (Å²) < 4.78 is 2.01. The van der Waals surface area contributed by atoms with Crippen molar-refractivity contribution in [1.82, 2.24) is 14.5 Å². The van der Waals surface area contributed by atoms with E-state index in [9.17, 15) is 5.11 Å². The molecule has 3 aromatic carbocycles. The van der Waals surface area contributed by atoms with E-state index in [1.807, 2.05) is 29.0 Å². The van der Waals surface area contributed by atoms with E-state index in [0.29, 0.717) is 11.8 Å². The first-order valence-corrected chi connectivity index (χ1v) is 12.7. The van der Waals surface area contributed by atoms with Gasteiger partial charge in [-0.1, -0.05) is 78.9 Å². The number of piperidine rings is 1. The van der Waals surface area contributed by atoms with Gasteiger partial charge in [-0.05, 0) is 55.5 Å². The molecule has 1 saturated heterocycles. The van der Waals surface area contributed by atoms with Gasteiger partial charge < -0.3 is 9.67 Å². The molecule has 1 fully saturated rings. The van der Waals surface area contributed by atoms with Crippen LogP contribution in [0.4, 0.5) is 0 Å². The van der Waals surface area contributed by atoms with Crippen LogP contribution < -0.4 is 0 Å². The fourth-order valence-electron chi connectivity index (χ4n) is 5.57. The number of hydrogen-bond donors (Lipinski definition) is 1. The van der Waals surface area contributed by atoms with E-state index in [0.717, 1.165) is 65.5 Å². The van der Waals surface area contributed by atoms with Gasteiger partial charge in [0.1, 0.15) is 0 Å². The van der Waals surface area contributed by atoms with E-state index in [1.165, 1.54) is 18.4 Å². The summed E-state index contributed by atoms with van der Waals surface area (Å²) >= 11 is 0. The van der Waals surface area contributed by atoms with Crippen LogP contribution in [0.5, 0.6) is 5.88 Å². The molecule has 0 saturated carbocycles. The lowest BCUT2D eigenvalue weighted by Gasteiger charge is -2.32. The highest BCUT2D eigenvalue weighted by molar-refractivity contribution is 6.11. The molecule has 0 bridgehead atoms. The molecular formula is C31H31N3O. The zero-order valence-electron chi connectivity index (χ0n) is 20.0. The third-order valence-electron chi connectivity index (χ3n) is 7.49. The maximum absolute atomic E-state index is 11.3. The minimum atomic E-state index is 0.332. The van der Waals surface area contributed by atoms with Crippen LogP contribution in [-0.2, 0) is 13.1 Å². The SMILES string of the molecule is Oc1c2c(-c3ccccc3)c3ccccc3nc2cn1CCC1CCN(Cc2ccccc2)CC1. The highest BCUT2D eigenvalue weighted by Gasteiger charge is 2.22. The van der Waals surface area contributed by atoms with Gasteiger partial charge in [0.05, 0.1) is 16.4 Å². The summed E-state index contributed by atoms with van der Waals surface area (Å²) in [6.45, 7) is 4.14. The molecule has 1 N–H and O–H groups in total. The fourth-order valence-corrected chi connectivity index (χ4v) is 5.57. The minimum absolute atomic E-state index is 0.332. The van der Waals surface area contributed by atoms with Crippen LogP contribution in [0.1, 0.15) is 24.8 Å². The zero-order valence-corrected chi connectivity index (χ0v) is 20.0. The average Bonchev–Trinajstić information content (AvgIpc) is 3.22. The summed E-state index contributed by atoms with van der Waals surface area (Å²) in [5, 5.41) is 13.3. The van der Waals surface area contributed by atoms with Crippen LogP contribution >= 0.6 is 0 Å². The first-order chi connectivity index (χ1) is 17.3. The number of aromatic nitrogens is 2. The van der Waals surface area contributed by atoms with E-state index in [2.05, 4.69) is 71.6 Å². The van der Waals surface area contributed by atoms with Crippen molar-refractivity contribution >= 4 is 21.8 Å². The summed E-state index contributed by atoms with van der Waals surface area (Å²) in [7, 11) is 0. The Hall–Kier alpha value is -3.63. The topological polar surface area (TPSA) is 41.3 Å². The molecule has 0 atom stereocenters. The van der Waals surface area contributed by atoms with Gasteiger partial charge in [-0.3, -0.25) is 4.90 Å². The molecular weight excluding hydrogens is 430 g/mol. The van der Waals surface area contributed by atoms with Crippen molar-refractivity contribution < 1.29 is 5.11 Å². The minimum Gasteiger partial charge on any atom is -0.494 e. The van der Waals surface area contributed by atoms with Gasteiger partial charge in [0.15, 0.2) is 0 Å². The van der Waals surface area contributed by atoms with Crippen LogP contribution in [-0.4, -0.2) is 32.6 Å². The second kappa shape index (κ2) is 9.55. The first kappa shape index (κ1) is 21.9. The standard InChI is InChI=1S/C31H31N3O/c35-31-30-28(32-27-14-8-7-13-26(27)29(30)25-11-5-2-6-12-25)22-34(31)20-17-23-15-18-33(19-16-23)21-24-9-3-1-4-10-24/h1-14,22-23,35H,15-21H2. The predicted octanol–water partition coefficient (Wildman–Crippen LogP) is 6.86. The smallest absolute Gasteiger partial charge is 0.201 e. The Morgan fingerprint density at radius 1 is 0.800 bits per heavy atom. The number of rotatable bonds is 6. The van der Waals surface area contributed by atoms with Gasteiger partial charge in [0.25, 0.3) is 0 Å². The van der Waals surface area contributed by atoms with Crippen molar-refractivity contribution in [2.24, 2.45) is 5.92 Å². The number of aryl methyl sites for hydroxylation is 1. The molecule has 0 spiro atoms. The largest absolute Gasteiger partial charge is 0.494 e. The number of aromatic hydroxyl groups is 1. The highest BCUT2D eigenvalue weighted by Crippen LogP contribution is 2.40. The molecule has 0 amide bonds. The summed E-state index contributed by atoms with van der Waals surface area (Å²) in [6.07, 6.45) is 5.54. The summed E-state index contributed by atoms with van der Waals surface area (Å²) in [5.41, 5.74) is 5.38. The Morgan fingerprint density at radius 3 is 2.26 bits per heavy atom. The number of para-hydroxylation sites is 1. The van der Waals surface area contributed by atoms with Gasteiger partial charge in [0.2, 0.25) is 5.88 Å². The Bertz CT molecular complexity index is 1430. The van der Waals surface area contributed by atoms with E-state index in [1.54, 1.807) is 0 Å². The second-order valence-corrected chi connectivity index (χ2v) is 9.77. The number of hydrogen-bond acceptors (Lipinski definition) is 3. The Labute approximate surface area is 206 Å². The molecule has 0 unspecified atom stereocenters. The van der Waals surface area contributed by atoms with E-state index < -0.39 is 0 Å². The normalized spacial score (nSPS) is 15.2. The molecule has 5 aromatic rings. The molecule has 1 aliphatic rings. The summed E-state index contributed by atoms with van der Waals surface area (Å²) in [6, 6.07) is 29.3. The molecule has 1 aliphatic heterocycles. The maximum Gasteiger partial charge on any atom is 0.201 e. The predicted molar refractivity (Wildman–Crippen MR) is 143 cm³/mol. The van der Waals surface area contributed by atoms with Crippen molar-refractivity contribution in [1.29, 1.82) is 0 Å². The molecule has 4 nitrogen and oxygen atoms in total. The van der Waals surface area contributed by atoms with E-state index in [-0.39, 0.29) is 0 Å². The number of benzene rings is 3. The van der Waals surface area contributed by atoms with Crippen LogP contribution in [0.25, 0.3) is 32.9 Å². The Morgan fingerprint density at radius 2 is 1.49 bits per heavy atom. The van der Waals surface area contributed by atoms with Crippen LogP contribution in [0.2, 0.25) is 0 Å². The molecule has 2 aromatic heterocycles. The highest BCUT2D eigenvalue weighted by atomic mass is 16.3. The Balaban J connectivity index is 1.22. The number of nitrogens with zero attached hydrogens (tertiary/aromatic N) is 3. The second-order valence-electron chi connectivity index (χ2n) is 9.77. The first-order valence-electron chi connectivity index (χ1n) is 12.7. The van der Waals surface area contributed by atoms with Gasteiger partial charge >= 0.3 is 0 Å². The average molecular weight is 462 g/mol. The maximum atomic E-state index is 11.3. The van der Waals surface area contributed by atoms with E-state index in [4.69, 9.17) is 4.98 Å². The van der Waals surface area contributed by atoms with E-state index >= 15 is 0 Å². The third-order valence-corrected chi connectivity index (χ3v) is 7.49. The third kappa shape index (κ3) is 4.42.